The van der Waals surface area contributed by atoms with Crippen molar-refractivity contribution in [1.82, 2.24) is 4.90 Å². The molecule has 0 aromatic heterocycles. The van der Waals surface area contributed by atoms with E-state index in [1.807, 2.05) is 0 Å². The van der Waals surface area contributed by atoms with Gasteiger partial charge in [-0.25, -0.2) is 0 Å². The maximum atomic E-state index is 11.3. The summed E-state index contributed by atoms with van der Waals surface area (Å²) in [6.45, 7) is 1.30. The largest absolute Gasteiger partial charge is 0.300 e. The zero-order valence-electron chi connectivity index (χ0n) is 8.23. The molecule has 0 spiro atoms. The number of hydrogen-bond acceptors (Lipinski definition) is 4. The summed E-state index contributed by atoms with van der Waals surface area (Å²) in [5.41, 5.74) is 0. The molecule has 1 aliphatic rings. The molecule has 1 aliphatic heterocycles. The van der Waals surface area contributed by atoms with Gasteiger partial charge in [-0.1, -0.05) is 0 Å². The fourth-order valence-corrected chi connectivity index (χ4v) is 1.71. The van der Waals surface area contributed by atoms with Gasteiger partial charge in [0.15, 0.2) is 0 Å². The van der Waals surface area contributed by atoms with Crippen molar-refractivity contribution >= 4 is 35.3 Å². The Morgan fingerprint density at radius 3 is 2.13 bits per heavy atom. The van der Waals surface area contributed by atoms with Crippen LogP contribution in [0.4, 0.5) is 0 Å². The van der Waals surface area contributed by atoms with Crippen molar-refractivity contribution < 1.29 is 19.2 Å². The number of ketones is 1. The van der Waals surface area contributed by atoms with Gasteiger partial charge in [0, 0.05) is 19.3 Å². The summed E-state index contributed by atoms with van der Waals surface area (Å²) in [5, 5.41) is -0.631. The van der Waals surface area contributed by atoms with E-state index >= 15 is 0 Å². The second kappa shape index (κ2) is 4.57. The zero-order valence-corrected chi connectivity index (χ0v) is 9.12. The SMILES string of the molecule is CC(=O)C[C@@H](C(=O)S)N1C(=O)CCC1=O. The number of carbonyl (C=O) groups excluding carboxylic acids is 4. The fraction of sp³-hybridized carbons (Fsp3) is 0.556. The van der Waals surface area contributed by atoms with Crippen LogP contribution in [0.3, 0.4) is 0 Å². The van der Waals surface area contributed by atoms with Crippen LogP contribution in [-0.2, 0) is 19.2 Å². The number of likely N-dealkylation sites (tertiary alicyclic amines) is 1. The molecule has 82 valence electrons. The van der Waals surface area contributed by atoms with E-state index in [2.05, 4.69) is 12.6 Å². The van der Waals surface area contributed by atoms with E-state index in [4.69, 9.17) is 0 Å². The van der Waals surface area contributed by atoms with Crippen molar-refractivity contribution in [3.05, 3.63) is 0 Å². The molecule has 0 unspecified atom stereocenters. The third kappa shape index (κ3) is 2.65. The first-order chi connectivity index (χ1) is 6.93. The molecule has 15 heavy (non-hydrogen) atoms. The quantitative estimate of drug-likeness (QED) is 0.541. The maximum Gasteiger partial charge on any atom is 0.230 e. The Morgan fingerprint density at radius 2 is 1.80 bits per heavy atom. The Labute approximate surface area is 92.2 Å². The maximum absolute atomic E-state index is 11.3. The third-order valence-electron chi connectivity index (χ3n) is 2.17. The number of nitrogens with zero attached hydrogens (tertiary/aromatic N) is 1. The smallest absolute Gasteiger partial charge is 0.230 e. The topological polar surface area (TPSA) is 71.5 Å². The summed E-state index contributed by atoms with van der Waals surface area (Å²) in [5.74, 6) is -1.07. The molecule has 1 fully saturated rings. The van der Waals surface area contributed by atoms with Crippen LogP contribution in [0.1, 0.15) is 26.2 Å². The van der Waals surface area contributed by atoms with Gasteiger partial charge in [-0.3, -0.25) is 24.1 Å². The van der Waals surface area contributed by atoms with Gasteiger partial charge in [-0.05, 0) is 6.92 Å². The van der Waals surface area contributed by atoms with Gasteiger partial charge >= 0.3 is 0 Å². The van der Waals surface area contributed by atoms with E-state index in [9.17, 15) is 19.2 Å². The Hall–Kier alpha value is -1.17. The third-order valence-corrected chi connectivity index (χ3v) is 2.47. The Balaban J connectivity index is 2.88. The fourth-order valence-electron chi connectivity index (χ4n) is 1.50. The Morgan fingerprint density at radius 1 is 1.33 bits per heavy atom. The van der Waals surface area contributed by atoms with Crippen molar-refractivity contribution in [3.8, 4) is 0 Å². The van der Waals surface area contributed by atoms with E-state index in [1.165, 1.54) is 6.92 Å². The van der Waals surface area contributed by atoms with Gasteiger partial charge in [0.05, 0.1) is 0 Å². The highest BCUT2D eigenvalue weighted by Gasteiger charge is 2.38. The zero-order chi connectivity index (χ0) is 11.6. The highest BCUT2D eigenvalue weighted by molar-refractivity contribution is 7.96. The molecular weight excluding hydrogens is 218 g/mol. The molecule has 0 saturated carbocycles. The molecule has 5 nitrogen and oxygen atoms in total. The Bertz CT molecular complexity index is 323. The predicted molar refractivity (Wildman–Crippen MR) is 54.2 cm³/mol. The molecule has 1 saturated heterocycles. The van der Waals surface area contributed by atoms with Crippen LogP contribution in [0.15, 0.2) is 0 Å². The van der Waals surface area contributed by atoms with Gasteiger partial charge < -0.3 is 0 Å². The van der Waals surface area contributed by atoms with E-state index in [1.54, 1.807) is 0 Å². The van der Waals surface area contributed by atoms with Crippen LogP contribution in [-0.4, -0.2) is 33.7 Å². The van der Waals surface area contributed by atoms with E-state index < -0.39 is 23.0 Å². The second-order valence-electron chi connectivity index (χ2n) is 3.42. The van der Waals surface area contributed by atoms with Gasteiger partial charge in [0.25, 0.3) is 0 Å². The van der Waals surface area contributed by atoms with Crippen molar-refractivity contribution in [2.75, 3.05) is 0 Å². The predicted octanol–water partition coefficient (Wildman–Crippen LogP) is -0.0605. The summed E-state index contributed by atoms with van der Waals surface area (Å²) in [6, 6.07) is -1.03. The summed E-state index contributed by atoms with van der Waals surface area (Å²) in [4.78, 5) is 45.5. The van der Waals surface area contributed by atoms with Crippen LogP contribution in [0, 0.1) is 0 Å². The summed E-state index contributed by atoms with van der Waals surface area (Å²) in [6.07, 6.45) is 0.0579. The molecule has 0 N–H and O–H groups in total. The highest BCUT2D eigenvalue weighted by atomic mass is 32.1. The van der Waals surface area contributed by atoms with Gasteiger partial charge in [-0.15, -0.1) is 12.6 Å². The number of amides is 2. The minimum absolute atomic E-state index is 0.105. The molecule has 1 rings (SSSR count). The molecule has 0 bridgehead atoms. The first-order valence-electron chi connectivity index (χ1n) is 4.50. The van der Waals surface area contributed by atoms with Crippen molar-refractivity contribution in [3.63, 3.8) is 0 Å². The summed E-state index contributed by atoms with van der Waals surface area (Å²) in [7, 11) is 0. The van der Waals surface area contributed by atoms with Crippen LogP contribution >= 0.6 is 12.6 Å². The second-order valence-corrected chi connectivity index (χ2v) is 3.86. The van der Waals surface area contributed by atoms with E-state index in [0.29, 0.717) is 0 Å². The highest BCUT2D eigenvalue weighted by Crippen LogP contribution is 2.19. The molecule has 1 atom stereocenters. The van der Waals surface area contributed by atoms with Crippen LogP contribution in [0.25, 0.3) is 0 Å². The first-order valence-corrected chi connectivity index (χ1v) is 4.95. The van der Waals surface area contributed by atoms with E-state index in [0.717, 1.165) is 4.90 Å². The molecule has 0 radical (unpaired) electrons. The lowest BCUT2D eigenvalue weighted by atomic mass is 10.1. The molecule has 0 aromatic rings. The van der Waals surface area contributed by atoms with E-state index in [-0.39, 0.29) is 25.0 Å². The number of Topliss-reactive ketones (excluding diaryl/α,β-unsaturated/α-hetero) is 1. The molecular formula is C9H11NO4S. The van der Waals surface area contributed by atoms with Crippen LogP contribution in [0.5, 0.6) is 0 Å². The first kappa shape index (κ1) is 11.9. The summed E-state index contributed by atoms with van der Waals surface area (Å²) < 4.78 is 0. The Kier molecular flexibility index (Phi) is 3.62. The minimum atomic E-state index is -1.03. The molecule has 2 amide bonds. The van der Waals surface area contributed by atoms with Gasteiger partial charge in [-0.2, -0.15) is 0 Å². The lowest BCUT2D eigenvalue weighted by Crippen LogP contribution is -2.44. The summed E-state index contributed by atoms with van der Waals surface area (Å²) >= 11 is 3.59. The van der Waals surface area contributed by atoms with Gasteiger partial charge in [0.2, 0.25) is 16.9 Å². The lowest BCUT2D eigenvalue weighted by molar-refractivity contribution is -0.144. The standard InChI is InChI=1S/C9H11NO4S/c1-5(11)4-6(9(14)15)10-7(12)2-3-8(10)13/h6H,2-4H2,1H3,(H,14,15)/t6-/m0/s1. The number of carbonyl (C=O) groups is 4. The average Bonchev–Trinajstić information content (AvgIpc) is 2.42. The molecule has 1 heterocycles. The monoisotopic (exact) mass is 229 g/mol. The van der Waals surface area contributed by atoms with Crippen molar-refractivity contribution in [2.24, 2.45) is 0 Å². The van der Waals surface area contributed by atoms with Crippen LogP contribution < -0.4 is 0 Å². The van der Waals surface area contributed by atoms with Crippen LogP contribution in [0.2, 0.25) is 0 Å². The number of hydrogen-bond donors (Lipinski definition) is 1. The number of thiol groups is 1. The molecule has 6 heteroatoms. The minimum Gasteiger partial charge on any atom is -0.300 e. The molecule has 0 aromatic carbocycles. The lowest BCUT2D eigenvalue weighted by Gasteiger charge is -2.22. The van der Waals surface area contributed by atoms with Crippen molar-refractivity contribution in [2.45, 2.75) is 32.2 Å². The average molecular weight is 229 g/mol. The normalized spacial score (nSPS) is 18.1. The van der Waals surface area contributed by atoms with Gasteiger partial charge in [0.1, 0.15) is 11.8 Å². The molecule has 0 aliphatic carbocycles. The van der Waals surface area contributed by atoms with Crippen molar-refractivity contribution in [1.29, 1.82) is 0 Å². The number of imide groups is 1. The number of rotatable bonds is 4.